The highest BCUT2D eigenvalue weighted by Crippen LogP contribution is 2.25. The van der Waals surface area contributed by atoms with E-state index < -0.39 is 5.60 Å². The third kappa shape index (κ3) is 3.18. The van der Waals surface area contributed by atoms with Crippen molar-refractivity contribution in [1.29, 1.82) is 0 Å². The molecule has 0 aromatic heterocycles. The van der Waals surface area contributed by atoms with E-state index >= 15 is 0 Å². The highest BCUT2D eigenvalue weighted by Gasteiger charge is 2.26. The van der Waals surface area contributed by atoms with E-state index in [4.69, 9.17) is 4.74 Å². The Balaban J connectivity index is 3.01. The molecule has 1 rings (SSSR count). The van der Waals surface area contributed by atoms with Crippen molar-refractivity contribution in [3.63, 3.8) is 0 Å². The fourth-order valence-electron chi connectivity index (χ4n) is 1.12. The number of aliphatic hydroxyl groups is 1. The van der Waals surface area contributed by atoms with E-state index in [1.165, 1.54) is 6.92 Å². The van der Waals surface area contributed by atoms with Gasteiger partial charge in [-0.15, -0.1) is 0 Å². The normalized spacial score (nSPS) is 11.3. The lowest BCUT2D eigenvalue weighted by Crippen LogP contribution is -2.36. The lowest BCUT2D eigenvalue weighted by molar-refractivity contribution is -0.129. The van der Waals surface area contributed by atoms with Crippen LogP contribution in [0.15, 0.2) is 18.2 Å². The molecule has 16 heavy (non-hydrogen) atoms. The van der Waals surface area contributed by atoms with Gasteiger partial charge in [0.1, 0.15) is 5.75 Å². The number of aliphatic hydroxyl groups excluding tert-OH is 1. The van der Waals surface area contributed by atoms with Gasteiger partial charge in [0, 0.05) is 9.13 Å². The summed E-state index contributed by atoms with van der Waals surface area (Å²) in [6.45, 7) is 4.83. The Morgan fingerprint density at radius 3 is 2.62 bits per heavy atom. The first-order valence-electron chi connectivity index (χ1n) is 4.96. The lowest BCUT2D eigenvalue weighted by atomic mass is 10.0. The number of hydrogen-bond donors (Lipinski definition) is 1. The molecule has 0 aliphatic rings. The van der Waals surface area contributed by atoms with Crippen LogP contribution in [-0.4, -0.2) is 16.5 Å². The van der Waals surface area contributed by atoms with Crippen molar-refractivity contribution in [1.82, 2.24) is 0 Å². The van der Waals surface area contributed by atoms with Crippen molar-refractivity contribution in [2.45, 2.75) is 33.0 Å². The van der Waals surface area contributed by atoms with Crippen LogP contribution in [0.4, 0.5) is 0 Å². The van der Waals surface area contributed by atoms with Gasteiger partial charge in [-0.3, -0.25) is 4.79 Å². The Hall–Kier alpha value is -0.620. The molecule has 0 atom stereocenters. The number of ketones is 1. The number of rotatable bonds is 4. The fraction of sp³-hybridized carbons (Fsp3) is 0.417. The van der Waals surface area contributed by atoms with Gasteiger partial charge in [0.05, 0.1) is 6.61 Å². The second kappa shape index (κ2) is 5.14. The number of carbonyl (C=O) groups is 1. The first kappa shape index (κ1) is 13.4. The molecule has 0 heterocycles. The zero-order valence-corrected chi connectivity index (χ0v) is 11.7. The van der Waals surface area contributed by atoms with Gasteiger partial charge in [-0.2, -0.15) is 0 Å². The average Bonchev–Trinajstić information content (AvgIpc) is 2.20. The van der Waals surface area contributed by atoms with Gasteiger partial charge in [-0.05, 0) is 61.6 Å². The average molecular weight is 334 g/mol. The van der Waals surface area contributed by atoms with Gasteiger partial charge in [-0.1, -0.05) is 0 Å². The van der Waals surface area contributed by atoms with Crippen molar-refractivity contribution < 1.29 is 14.6 Å². The summed E-state index contributed by atoms with van der Waals surface area (Å²) in [6, 6.07) is 5.50. The predicted molar refractivity (Wildman–Crippen MR) is 70.5 cm³/mol. The highest BCUT2D eigenvalue weighted by atomic mass is 127. The van der Waals surface area contributed by atoms with Gasteiger partial charge in [0.2, 0.25) is 0 Å². The minimum Gasteiger partial charge on any atom is -0.480 e. The Morgan fingerprint density at radius 1 is 1.50 bits per heavy atom. The molecule has 0 saturated carbocycles. The Labute approximate surface area is 109 Å². The molecule has 0 bridgehead atoms. The molecule has 1 aromatic rings. The van der Waals surface area contributed by atoms with Gasteiger partial charge in [0.15, 0.2) is 11.4 Å². The molecule has 3 nitrogen and oxygen atoms in total. The molecular formula is C12H15IO3. The van der Waals surface area contributed by atoms with E-state index in [0.717, 1.165) is 3.57 Å². The molecule has 0 aliphatic heterocycles. The summed E-state index contributed by atoms with van der Waals surface area (Å²) in [5, 5.41) is 9.21. The van der Waals surface area contributed by atoms with Crippen LogP contribution in [0.2, 0.25) is 0 Å². The molecule has 0 unspecified atom stereocenters. The molecule has 1 N–H and O–H groups in total. The summed E-state index contributed by atoms with van der Waals surface area (Å²) >= 11 is 2.16. The quantitative estimate of drug-likeness (QED) is 0.861. The monoisotopic (exact) mass is 334 g/mol. The summed E-state index contributed by atoms with van der Waals surface area (Å²) in [7, 11) is 0. The number of hydrogen-bond acceptors (Lipinski definition) is 3. The van der Waals surface area contributed by atoms with Crippen LogP contribution >= 0.6 is 22.6 Å². The summed E-state index contributed by atoms with van der Waals surface area (Å²) in [6.07, 6.45) is 0. The van der Waals surface area contributed by atoms with Crippen LogP contribution in [-0.2, 0) is 11.4 Å². The molecule has 0 amide bonds. The minimum atomic E-state index is -0.864. The summed E-state index contributed by atoms with van der Waals surface area (Å²) < 4.78 is 6.65. The smallest absolute Gasteiger partial charge is 0.172 e. The van der Waals surface area contributed by atoms with Crippen LogP contribution in [0.5, 0.6) is 5.75 Å². The second-order valence-corrected chi connectivity index (χ2v) is 5.32. The molecule has 1 aromatic carbocycles. The second-order valence-electron chi connectivity index (χ2n) is 4.08. The van der Waals surface area contributed by atoms with Gasteiger partial charge in [-0.25, -0.2) is 0 Å². The molecule has 0 spiro atoms. The van der Waals surface area contributed by atoms with E-state index in [2.05, 4.69) is 22.6 Å². The Morgan fingerprint density at radius 2 is 2.12 bits per heavy atom. The van der Waals surface area contributed by atoms with Crippen LogP contribution in [0.25, 0.3) is 0 Å². The van der Waals surface area contributed by atoms with Crippen LogP contribution < -0.4 is 4.74 Å². The fourth-order valence-corrected chi connectivity index (χ4v) is 1.67. The molecule has 0 aliphatic carbocycles. The van der Waals surface area contributed by atoms with Crippen molar-refractivity contribution in [3.05, 3.63) is 27.3 Å². The molecule has 0 radical (unpaired) electrons. The topological polar surface area (TPSA) is 46.5 Å². The van der Waals surface area contributed by atoms with Gasteiger partial charge in [0.25, 0.3) is 0 Å². The van der Waals surface area contributed by atoms with E-state index in [-0.39, 0.29) is 12.4 Å². The maximum Gasteiger partial charge on any atom is 0.172 e. The molecule has 0 saturated heterocycles. The number of halogens is 1. The van der Waals surface area contributed by atoms with E-state index in [1.54, 1.807) is 19.9 Å². The predicted octanol–water partition coefficient (Wildman–Crippen LogP) is 2.53. The molecule has 88 valence electrons. The number of Topliss-reactive ketones (excluding diaryl/α,β-unsaturated/α-hetero) is 1. The first-order valence-corrected chi connectivity index (χ1v) is 6.04. The Bertz CT molecular complexity index is 399. The molecule has 0 fully saturated rings. The van der Waals surface area contributed by atoms with E-state index in [0.29, 0.717) is 11.3 Å². The van der Waals surface area contributed by atoms with Crippen molar-refractivity contribution in [3.8, 4) is 5.75 Å². The summed E-state index contributed by atoms with van der Waals surface area (Å²) in [5.41, 5.74) is -0.169. The molecular weight excluding hydrogens is 319 g/mol. The first-order chi connectivity index (χ1) is 7.36. The van der Waals surface area contributed by atoms with Crippen LogP contribution in [0.1, 0.15) is 26.3 Å². The highest BCUT2D eigenvalue weighted by molar-refractivity contribution is 14.1. The number of carbonyl (C=O) groups excluding carboxylic acids is 1. The minimum absolute atomic E-state index is 0.0464. The maximum absolute atomic E-state index is 11.3. The Kier molecular flexibility index (Phi) is 4.32. The summed E-state index contributed by atoms with van der Waals surface area (Å²) in [4.78, 5) is 11.3. The third-order valence-electron chi connectivity index (χ3n) is 2.41. The van der Waals surface area contributed by atoms with E-state index in [1.807, 2.05) is 12.1 Å². The molecule has 4 heteroatoms. The van der Waals surface area contributed by atoms with Gasteiger partial charge < -0.3 is 9.84 Å². The van der Waals surface area contributed by atoms with Crippen molar-refractivity contribution in [2.24, 2.45) is 0 Å². The standard InChI is InChI=1S/C12H15IO3/c1-8(15)12(2,3)16-11-5-4-10(13)6-9(11)7-14/h4-6,14H,7H2,1-3H3. The van der Waals surface area contributed by atoms with Crippen molar-refractivity contribution >= 4 is 28.4 Å². The third-order valence-corrected chi connectivity index (χ3v) is 3.08. The SMILES string of the molecule is CC(=O)C(C)(C)Oc1ccc(I)cc1CO. The van der Waals surface area contributed by atoms with E-state index in [9.17, 15) is 9.90 Å². The number of benzene rings is 1. The van der Waals surface area contributed by atoms with Crippen LogP contribution in [0, 0.1) is 3.57 Å². The van der Waals surface area contributed by atoms with Gasteiger partial charge >= 0.3 is 0 Å². The summed E-state index contributed by atoms with van der Waals surface area (Å²) in [5.74, 6) is 0.512. The van der Waals surface area contributed by atoms with Crippen LogP contribution in [0.3, 0.4) is 0 Å². The number of ether oxygens (including phenoxy) is 1. The zero-order chi connectivity index (χ0) is 12.3. The maximum atomic E-state index is 11.3. The largest absolute Gasteiger partial charge is 0.480 e. The zero-order valence-electron chi connectivity index (χ0n) is 9.58. The van der Waals surface area contributed by atoms with Crippen molar-refractivity contribution in [2.75, 3.05) is 0 Å². The lowest BCUT2D eigenvalue weighted by Gasteiger charge is -2.24.